The summed E-state index contributed by atoms with van der Waals surface area (Å²) in [4.78, 5) is 35.7. The minimum atomic E-state index is -4.91. The molecule has 9 nitrogen and oxygen atoms in total. The third kappa shape index (κ3) is 5.66. The second kappa shape index (κ2) is 7.68. The first-order valence-electron chi connectivity index (χ1n) is 6.98. The molecule has 0 bridgehead atoms. The summed E-state index contributed by atoms with van der Waals surface area (Å²) in [7, 11) is 0. The van der Waals surface area contributed by atoms with Crippen LogP contribution in [0.5, 0.6) is 17.4 Å². The number of Topliss-reactive ketones (excluding diaryl/α,β-unsaturated/α-hetero) is 1. The number of nitro groups is 1. The first-order valence-corrected chi connectivity index (χ1v) is 6.98. The number of alkyl halides is 3. The third-order valence-electron chi connectivity index (χ3n) is 2.99. The number of rotatable bonds is 7. The number of aromatic nitrogens is 1. The molecule has 0 unspecified atom stereocenters. The average Bonchev–Trinajstić information content (AvgIpc) is 2.53. The quantitative estimate of drug-likeness (QED) is 0.437. The Balaban J connectivity index is 2.29. The number of nitrogens with zero attached hydrogens (tertiary/aromatic N) is 2. The minimum Gasteiger partial charge on any atom is -0.475 e. The van der Waals surface area contributed by atoms with E-state index in [0.29, 0.717) is 0 Å². The molecule has 12 heteroatoms. The van der Waals surface area contributed by atoms with Gasteiger partial charge in [0, 0.05) is 17.7 Å². The van der Waals surface area contributed by atoms with Crippen molar-refractivity contribution in [1.29, 1.82) is 0 Å². The molecule has 142 valence electrons. The molecule has 0 spiro atoms. The van der Waals surface area contributed by atoms with Crippen LogP contribution in [-0.4, -0.2) is 33.1 Å². The van der Waals surface area contributed by atoms with Crippen LogP contribution in [0.15, 0.2) is 36.5 Å². The molecular formula is C15H9F3N2O7. The molecule has 0 amide bonds. The van der Waals surface area contributed by atoms with Crippen LogP contribution in [0.4, 0.5) is 18.9 Å². The Morgan fingerprint density at radius 1 is 1.22 bits per heavy atom. The van der Waals surface area contributed by atoms with Crippen LogP contribution in [0.2, 0.25) is 0 Å². The summed E-state index contributed by atoms with van der Waals surface area (Å²) in [6.07, 6.45) is -4.95. The van der Waals surface area contributed by atoms with Crippen LogP contribution in [-0.2, 0) is 16.0 Å². The van der Waals surface area contributed by atoms with E-state index in [4.69, 9.17) is 9.84 Å². The number of hydrogen-bond acceptors (Lipinski definition) is 7. The molecule has 0 saturated heterocycles. The van der Waals surface area contributed by atoms with E-state index in [1.807, 2.05) is 0 Å². The van der Waals surface area contributed by atoms with E-state index < -0.39 is 40.9 Å². The lowest BCUT2D eigenvalue weighted by molar-refractivity contribution is -0.385. The molecule has 1 aromatic carbocycles. The predicted octanol–water partition coefficient (Wildman–Crippen LogP) is 2.88. The smallest absolute Gasteiger partial charge is 0.475 e. The lowest BCUT2D eigenvalue weighted by atomic mass is 10.1. The number of aliphatic carboxylic acids is 1. The number of pyridine rings is 1. The molecule has 1 N–H and O–H groups in total. The zero-order valence-corrected chi connectivity index (χ0v) is 13.1. The average molecular weight is 386 g/mol. The van der Waals surface area contributed by atoms with Gasteiger partial charge in [0.15, 0.2) is 0 Å². The lowest BCUT2D eigenvalue weighted by Crippen LogP contribution is -2.17. The van der Waals surface area contributed by atoms with Crippen LogP contribution in [0.3, 0.4) is 0 Å². The summed E-state index contributed by atoms with van der Waals surface area (Å²) in [5.74, 6) is -4.06. The minimum absolute atomic E-state index is 0.131. The van der Waals surface area contributed by atoms with E-state index in [1.54, 1.807) is 0 Å². The molecule has 0 aliphatic rings. The van der Waals surface area contributed by atoms with Crippen molar-refractivity contribution in [3.8, 4) is 17.4 Å². The molecule has 2 rings (SSSR count). The highest BCUT2D eigenvalue weighted by Crippen LogP contribution is 2.30. The summed E-state index contributed by atoms with van der Waals surface area (Å²) in [5.41, 5.74) is -0.883. The van der Waals surface area contributed by atoms with Gasteiger partial charge in [-0.05, 0) is 12.1 Å². The maximum absolute atomic E-state index is 12.2. The standard InChI is InChI=1S/C15H9F3N2O7/c16-15(17,18)27-10-3-1-2-9(6-10)26-13-5-8(4-12(21)14(22)23)11(7-19-13)20(24)25/h1-3,5-7H,4H2,(H,22,23). The van der Waals surface area contributed by atoms with Gasteiger partial charge in [0.1, 0.15) is 17.7 Å². The Morgan fingerprint density at radius 3 is 2.48 bits per heavy atom. The maximum atomic E-state index is 12.2. The van der Waals surface area contributed by atoms with Crippen molar-refractivity contribution in [2.75, 3.05) is 0 Å². The maximum Gasteiger partial charge on any atom is 0.573 e. The fourth-order valence-corrected chi connectivity index (χ4v) is 1.93. The summed E-state index contributed by atoms with van der Waals surface area (Å²) < 4.78 is 45.7. The monoisotopic (exact) mass is 386 g/mol. The van der Waals surface area contributed by atoms with E-state index in [2.05, 4.69) is 9.72 Å². The van der Waals surface area contributed by atoms with Crippen molar-refractivity contribution in [3.05, 3.63) is 52.2 Å². The number of ether oxygens (including phenoxy) is 2. The Bertz CT molecular complexity index is 899. The Hall–Kier alpha value is -3.70. The summed E-state index contributed by atoms with van der Waals surface area (Å²) in [6, 6.07) is 5.36. The summed E-state index contributed by atoms with van der Waals surface area (Å²) >= 11 is 0. The number of carbonyl (C=O) groups excluding carboxylic acids is 1. The zero-order valence-electron chi connectivity index (χ0n) is 13.1. The largest absolute Gasteiger partial charge is 0.573 e. The van der Waals surface area contributed by atoms with Crippen LogP contribution < -0.4 is 9.47 Å². The van der Waals surface area contributed by atoms with Crippen LogP contribution in [0, 0.1) is 10.1 Å². The molecule has 1 heterocycles. The highest BCUT2D eigenvalue weighted by Gasteiger charge is 2.31. The fraction of sp³-hybridized carbons (Fsp3) is 0.133. The fourth-order valence-electron chi connectivity index (χ4n) is 1.93. The highest BCUT2D eigenvalue weighted by atomic mass is 19.4. The van der Waals surface area contributed by atoms with Crippen LogP contribution >= 0.6 is 0 Å². The number of carbonyl (C=O) groups is 2. The SMILES string of the molecule is O=C(O)C(=O)Cc1cc(Oc2cccc(OC(F)(F)F)c2)ncc1[N+](=O)[O-]. The van der Waals surface area contributed by atoms with Gasteiger partial charge in [-0.3, -0.25) is 14.9 Å². The van der Waals surface area contributed by atoms with E-state index in [9.17, 15) is 32.9 Å². The molecule has 27 heavy (non-hydrogen) atoms. The van der Waals surface area contributed by atoms with Gasteiger partial charge in [-0.15, -0.1) is 13.2 Å². The van der Waals surface area contributed by atoms with Gasteiger partial charge in [-0.2, -0.15) is 0 Å². The van der Waals surface area contributed by atoms with E-state index >= 15 is 0 Å². The number of carboxylic acid groups (broad SMARTS) is 1. The molecule has 2 aromatic rings. The number of ketones is 1. The zero-order chi connectivity index (χ0) is 20.2. The summed E-state index contributed by atoms with van der Waals surface area (Å²) in [5, 5.41) is 19.6. The molecule has 0 aliphatic heterocycles. The van der Waals surface area contributed by atoms with Gasteiger partial charge in [0.05, 0.1) is 11.3 Å². The molecule has 1 aromatic heterocycles. The van der Waals surface area contributed by atoms with Gasteiger partial charge in [0.25, 0.3) is 5.69 Å². The third-order valence-corrected chi connectivity index (χ3v) is 2.99. The van der Waals surface area contributed by atoms with E-state index in [1.165, 1.54) is 12.1 Å². The Morgan fingerprint density at radius 2 is 1.89 bits per heavy atom. The first-order chi connectivity index (χ1) is 12.5. The van der Waals surface area contributed by atoms with Crippen molar-refractivity contribution in [2.45, 2.75) is 12.8 Å². The van der Waals surface area contributed by atoms with Crippen molar-refractivity contribution < 1.29 is 42.3 Å². The molecule has 0 aliphatic carbocycles. The van der Waals surface area contributed by atoms with E-state index in [-0.39, 0.29) is 17.2 Å². The van der Waals surface area contributed by atoms with Crippen molar-refractivity contribution in [2.24, 2.45) is 0 Å². The molecular weight excluding hydrogens is 377 g/mol. The second-order valence-electron chi connectivity index (χ2n) is 4.94. The topological polar surface area (TPSA) is 129 Å². The predicted molar refractivity (Wildman–Crippen MR) is 80.4 cm³/mol. The number of benzene rings is 1. The van der Waals surface area contributed by atoms with Gasteiger partial charge in [-0.1, -0.05) is 6.07 Å². The number of hydrogen-bond donors (Lipinski definition) is 1. The van der Waals surface area contributed by atoms with Crippen molar-refractivity contribution in [3.63, 3.8) is 0 Å². The Labute approximate surface area is 148 Å². The van der Waals surface area contributed by atoms with Gasteiger partial charge in [-0.25, -0.2) is 9.78 Å². The van der Waals surface area contributed by atoms with Gasteiger partial charge < -0.3 is 14.6 Å². The summed E-state index contributed by atoms with van der Waals surface area (Å²) in [6.45, 7) is 0. The van der Waals surface area contributed by atoms with Gasteiger partial charge in [0.2, 0.25) is 11.7 Å². The van der Waals surface area contributed by atoms with Crippen LogP contribution in [0.1, 0.15) is 5.56 Å². The molecule has 0 atom stereocenters. The molecule has 0 fully saturated rings. The normalized spacial score (nSPS) is 10.9. The number of halogens is 3. The first kappa shape index (κ1) is 19.6. The molecule has 0 saturated carbocycles. The molecule has 0 radical (unpaired) electrons. The van der Waals surface area contributed by atoms with Crippen LogP contribution in [0.25, 0.3) is 0 Å². The lowest BCUT2D eigenvalue weighted by Gasteiger charge is -2.11. The van der Waals surface area contributed by atoms with Gasteiger partial charge >= 0.3 is 12.3 Å². The second-order valence-corrected chi connectivity index (χ2v) is 4.94. The van der Waals surface area contributed by atoms with Crippen molar-refractivity contribution in [1.82, 2.24) is 4.98 Å². The Kier molecular flexibility index (Phi) is 5.58. The van der Waals surface area contributed by atoms with Crippen molar-refractivity contribution >= 4 is 17.4 Å². The van der Waals surface area contributed by atoms with E-state index in [0.717, 1.165) is 24.4 Å². The highest BCUT2D eigenvalue weighted by molar-refractivity contribution is 6.33. The number of carboxylic acids is 1.